The molecule has 0 amide bonds. The quantitative estimate of drug-likeness (QED) is 0.851. The first-order valence-electron chi connectivity index (χ1n) is 7.24. The Morgan fingerprint density at radius 3 is 2.75 bits per heavy atom. The maximum absolute atomic E-state index is 11.8. The van der Waals surface area contributed by atoms with Crippen LogP contribution in [0.1, 0.15) is 38.1 Å². The lowest BCUT2D eigenvalue weighted by Gasteiger charge is -2.21. The molecule has 1 aromatic rings. The van der Waals surface area contributed by atoms with Crippen LogP contribution in [0, 0.1) is 12.8 Å². The van der Waals surface area contributed by atoms with Crippen molar-refractivity contribution in [2.75, 3.05) is 24.6 Å². The minimum absolute atomic E-state index is 0.197. The van der Waals surface area contributed by atoms with Crippen LogP contribution in [0.3, 0.4) is 0 Å². The molecule has 1 fully saturated rings. The molecule has 0 bridgehead atoms. The summed E-state index contributed by atoms with van der Waals surface area (Å²) < 4.78 is 25.6. The van der Waals surface area contributed by atoms with Crippen molar-refractivity contribution in [3.05, 3.63) is 17.5 Å². The third kappa shape index (κ3) is 3.82. The van der Waals surface area contributed by atoms with Gasteiger partial charge in [0.1, 0.15) is 0 Å². The van der Waals surface area contributed by atoms with E-state index in [1.807, 2.05) is 18.5 Å². The number of aryl methyl sites for hydroxylation is 1. The van der Waals surface area contributed by atoms with Gasteiger partial charge in [-0.05, 0) is 26.7 Å². The lowest BCUT2D eigenvalue weighted by atomic mass is 10.2. The number of rotatable bonds is 3. The standard InChI is InChI=1S/C14H25N3O2S/c1-11(2)17-9-14(13(4)15-17)8-16-5-6-20(18,19)10-12(3)7-16/h9,11-12H,5-8,10H2,1-4H3. The molecule has 0 radical (unpaired) electrons. The van der Waals surface area contributed by atoms with E-state index in [0.29, 0.717) is 18.3 Å². The van der Waals surface area contributed by atoms with Crippen molar-refractivity contribution >= 4 is 9.84 Å². The topological polar surface area (TPSA) is 55.2 Å². The molecule has 0 spiro atoms. The van der Waals surface area contributed by atoms with Gasteiger partial charge in [-0.15, -0.1) is 0 Å². The predicted octanol–water partition coefficient (Wildman–Crippen LogP) is 1.64. The zero-order chi connectivity index (χ0) is 14.9. The summed E-state index contributed by atoms with van der Waals surface area (Å²) in [6.45, 7) is 10.5. The molecule has 6 heteroatoms. The van der Waals surface area contributed by atoms with Gasteiger partial charge < -0.3 is 0 Å². The number of hydrogen-bond donors (Lipinski definition) is 0. The number of hydrogen-bond acceptors (Lipinski definition) is 4. The molecule has 1 unspecified atom stereocenters. The summed E-state index contributed by atoms with van der Waals surface area (Å²) in [5.41, 5.74) is 2.24. The van der Waals surface area contributed by atoms with Crippen molar-refractivity contribution in [3.8, 4) is 0 Å². The van der Waals surface area contributed by atoms with E-state index >= 15 is 0 Å². The molecule has 0 aromatic carbocycles. The summed E-state index contributed by atoms with van der Waals surface area (Å²) in [5.74, 6) is 0.783. The van der Waals surface area contributed by atoms with Gasteiger partial charge in [0.05, 0.1) is 17.2 Å². The van der Waals surface area contributed by atoms with Crippen molar-refractivity contribution in [3.63, 3.8) is 0 Å². The Kier molecular flexibility index (Phi) is 4.54. The van der Waals surface area contributed by atoms with Gasteiger partial charge in [-0.2, -0.15) is 5.10 Å². The molecule has 5 nitrogen and oxygen atoms in total. The van der Waals surface area contributed by atoms with Crippen LogP contribution in [0.2, 0.25) is 0 Å². The van der Waals surface area contributed by atoms with E-state index in [-0.39, 0.29) is 11.7 Å². The van der Waals surface area contributed by atoms with Crippen LogP contribution in [-0.2, 0) is 16.4 Å². The molecular formula is C14H25N3O2S. The van der Waals surface area contributed by atoms with Crippen LogP contribution in [-0.4, -0.2) is 47.7 Å². The predicted molar refractivity (Wildman–Crippen MR) is 80.4 cm³/mol. The molecule has 1 atom stereocenters. The molecule has 0 saturated carbocycles. The summed E-state index contributed by atoms with van der Waals surface area (Å²) in [5, 5.41) is 4.52. The van der Waals surface area contributed by atoms with Gasteiger partial charge >= 0.3 is 0 Å². The zero-order valence-electron chi connectivity index (χ0n) is 12.8. The van der Waals surface area contributed by atoms with Crippen molar-refractivity contribution in [1.82, 2.24) is 14.7 Å². The van der Waals surface area contributed by atoms with Crippen molar-refractivity contribution in [2.24, 2.45) is 5.92 Å². The second-order valence-corrected chi connectivity index (χ2v) is 8.50. The summed E-state index contributed by atoms with van der Waals surface area (Å²) in [6, 6.07) is 0.353. The zero-order valence-corrected chi connectivity index (χ0v) is 13.7. The first-order valence-corrected chi connectivity index (χ1v) is 9.06. The lowest BCUT2D eigenvalue weighted by molar-refractivity contribution is 0.256. The Balaban J connectivity index is 2.10. The van der Waals surface area contributed by atoms with Gasteiger partial charge in [-0.25, -0.2) is 8.42 Å². The Bertz CT molecular complexity index is 563. The van der Waals surface area contributed by atoms with E-state index in [2.05, 4.69) is 30.0 Å². The summed E-state index contributed by atoms with van der Waals surface area (Å²) in [7, 11) is -2.87. The molecule has 2 rings (SSSR count). The fourth-order valence-corrected chi connectivity index (χ4v) is 4.37. The average Bonchev–Trinajstić information content (AvgIpc) is 2.61. The highest BCUT2D eigenvalue weighted by Gasteiger charge is 2.24. The van der Waals surface area contributed by atoms with Crippen molar-refractivity contribution < 1.29 is 8.42 Å². The smallest absolute Gasteiger partial charge is 0.151 e. The third-order valence-electron chi connectivity index (χ3n) is 3.77. The molecular weight excluding hydrogens is 274 g/mol. The third-order valence-corrected chi connectivity index (χ3v) is 5.65. The summed E-state index contributed by atoms with van der Waals surface area (Å²) in [4.78, 5) is 2.24. The number of sulfone groups is 1. The molecule has 1 saturated heterocycles. The molecule has 0 N–H and O–H groups in total. The first-order chi connectivity index (χ1) is 9.27. The van der Waals surface area contributed by atoms with E-state index in [1.165, 1.54) is 5.56 Å². The monoisotopic (exact) mass is 299 g/mol. The van der Waals surface area contributed by atoms with E-state index in [0.717, 1.165) is 18.8 Å². The lowest BCUT2D eigenvalue weighted by Crippen LogP contribution is -2.28. The summed E-state index contributed by atoms with van der Waals surface area (Å²) in [6.07, 6.45) is 2.09. The normalized spacial score (nSPS) is 23.9. The minimum atomic E-state index is -2.87. The molecule has 114 valence electrons. The molecule has 2 heterocycles. The average molecular weight is 299 g/mol. The molecule has 0 aliphatic carbocycles. The molecule has 20 heavy (non-hydrogen) atoms. The maximum atomic E-state index is 11.8. The second kappa shape index (κ2) is 5.85. The van der Waals surface area contributed by atoms with Gasteiger partial charge in [-0.1, -0.05) is 6.92 Å². The van der Waals surface area contributed by atoms with Crippen molar-refractivity contribution in [1.29, 1.82) is 0 Å². The van der Waals surface area contributed by atoms with Crippen LogP contribution in [0.15, 0.2) is 6.20 Å². The Morgan fingerprint density at radius 2 is 2.15 bits per heavy atom. The summed E-state index contributed by atoms with van der Waals surface area (Å²) >= 11 is 0. The van der Waals surface area contributed by atoms with Crippen LogP contribution in [0.25, 0.3) is 0 Å². The van der Waals surface area contributed by atoms with Crippen LogP contribution < -0.4 is 0 Å². The van der Waals surface area contributed by atoms with Crippen molar-refractivity contribution in [2.45, 2.75) is 40.3 Å². The van der Waals surface area contributed by atoms with Crippen LogP contribution in [0.5, 0.6) is 0 Å². The number of nitrogens with zero attached hydrogens (tertiary/aromatic N) is 3. The number of aromatic nitrogens is 2. The van der Waals surface area contributed by atoms with Gasteiger partial charge in [-0.3, -0.25) is 9.58 Å². The van der Waals surface area contributed by atoms with Crippen LogP contribution >= 0.6 is 0 Å². The maximum Gasteiger partial charge on any atom is 0.151 e. The Labute approximate surface area is 121 Å². The molecule has 1 aromatic heterocycles. The highest BCUT2D eigenvalue weighted by atomic mass is 32.2. The fourth-order valence-electron chi connectivity index (χ4n) is 2.69. The van der Waals surface area contributed by atoms with E-state index < -0.39 is 9.84 Å². The van der Waals surface area contributed by atoms with E-state index in [4.69, 9.17) is 0 Å². The van der Waals surface area contributed by atoms with Gasteiger partial charge in [0.25, 0.3) is 0 Å². The van der Waals surface area contributed by atoms with Gasteiger partial charge in [0.15, 0.2) is 9.84 Å². The highest BCUT2D eigenvalue weighted by Crippen LogP contribution is 2.17. The Morgan fingerprint density at radius 1 is 1.45 bits per heavy atom. The van der Waals surface area contributed by atoms with E-state index in [1.54, 1.807) is 0 Å². The van der Waals surface area contributed by atoms with E-state index in [9.17, 15) is 8.42 Å². The second-order valence-electron chi connectivity index (χ2n) is 6.27. The van der Waals surface area contributed by atoms with Gasteiger partial charge in [0, 0.05) is 37.4 Å². The van der Waals surface area contributed by atoms with Crippen LogP contribution in [0.4, 0.5) is 0 Å². The first kappa shape index (κ1) is 15.5. The minimum Gasteiger partial charge on any atom is -0.298 e. The largest absolute Gasteiger partial charge is 0.298 e. The Hall–Kier alpha value is -0.880. The van der Waals surface area contributed by atoms with Gasteiger partial charge in [0.2, 0.25) is 0 Å². The highest BCUT2D eigenvalue weighted by molar-refractivity contribution is 7.91. The molecule has 1 aliphatic heterocycles. The molecule has 1 aliphatic rings. The fraction of sp³-hybridized carbons (Fsp3) is 0.786. The SMILES string of the molecule is Cc1nn(C(C)C)cc1CN1CCS(=O)(=O)CC(C)C1.